The summed E-state index contributed by atoms with van der Waals surface area (Å²) in [6, 6.07) is 15.4. The molecule has 0 fully saturated rings. The van der Waals surface area contributed by atoms with Crippen LogP contribution in [0.25, 0.3) is 5.82 Å². The molecular formula is C21H17FN6O2. The molecule has 2 N–H and O–H groups in total. The van der Waals surface area contributed by atoms with E-state index >= 15 is 0 Å². The van der Waals surface area contributed by atoms with Gasteiger partial charge >= 0.3 is 6.03 Å². The molecule has 150 valence electrons. The number of ether oxygens (including phenoxy) is 1. The normalized spacial score (nSPS) is 10.5. The average Bonchev–Trinajstić information content (AvgIpc) is 3.16. The Morgan fingerprint density at radius 1 is 1.00 bits per heavy atom. The van der Waals surface area contributed by atoms with Gasteiger partial charge in [0.2, 0.25) is 5.88 Å². The summed E-state index contributed by atoms with van der Waals surface area (Å²) >= 11 is 0. The quantitative estimate of drug-likeness (QED) is 0.509. The van der Waals surface area contributed by atoms with Crippen molar-refractivity contribution in [2.24, 2.45) is 0 Å². The summed E-state index contributed by atoms with van der Waals surface area (Å²) in [6.45, 7) is 1.88. The van der Waals surface area contributed by atoms with Gasteiger partial charge in [0.25, 0.3) is 0 Å². The second-order valence-electron chi connectivity index (χ2n) is 6.29. The number of anilines is 2. The molecule has 2 heterocycles. The molecule has 2 aromatic heterocycles. The second-order valence-corrected chi connectivity index (χ2v) is 6.29. The van der Waals surface area contributed by atoms with Crippen LogP contribution in [-0.2, 0) is 0 Å². The van der Waals surface area contributed by atoms with E-state index in [1.807, 2.05) is 11.5 Å². The molecule has 2 amide bonds. The third-order valence-electron chi connectivity index (χ3n) is 4.12. The number of rotatable bonds is 5. The van der Waals surface area contributed by atoms with Gasteiger partial charge in [-0.25, -0.2) is 14.2 Å². The highest BCUT2D eigenvalue weighted by molar-refractivity contribution is 5.99. The zero-order chi connectivity index (χ0) is 20.9. The fourth-order valence-electron chi connectivity index (χ4n) is 2.70. The number of aromatic nitrogens is 4. The number of aryl methyl sites for hydroxylation is 1. The Labute approximate surface area is 171 Å². The molecule has 0 aliphatic heterocycles. The van der Waals surface area contributed by atoms with Crippen LogP contribution in [0.15, 0.2) is 73.1 Å². The van der Waals surface area contributed by atoms with Crippen molar-refractivity contribution < 1.29 is 13.9 Å². The third kappa shape index (κ3) is 4.58. The molecule has 0 saturated heterocycles. The zero-order valence-corrected chi connectivity index (χ0v) is 15.9. The maximum atomic E-state index is 13.2. The summed E-state index contributed by atoms with van der Waals surface area (Å²) in [5.41, 5.74) is 0.911. The van der Waals surface area contributed by atoms with Crippen molar-refractivity contribution >= 4 is 17.4 Å². The third-order valence-corrected chi connectivity index (χ3v) is 4.12. The smallest absolute Gasteiger partial charge is 0.323 e. The van der Waals surface area contributed by atoms with Gasteiger partial charge in [0.15, 0.2) is 5.82 Å². The van der Waals surface area contributed by atoms with Crippen LogP contribution in [0.4, 0.5) is 20.6 Å². The van der Waals surface area contributed by atoms with E-state index in [1.54, 1.807) is 54.9 Å². The molecular weight excluding hydrogens is 387 g/mol. The van der Waals surface area contributed by atoms with E-state index in [0.29, 0.717) is 28.8 Å². The highest BCUT2D eigenvalue weighted by atomic mass is 19.1. The minimum atomic E-state index is -0.481. The van der Waals surface area contributed by atoms with Crippen molar-refractivity contribution in [2.75, 3.05) is 10.6 Å². The van der Waals surface area contributed by atoms with Crippen LogP contribution in [0, 0.1) is 12.7 Å². The lowest BCUT2D eigenvalue weighted by Crippen LogP contribution is -2.19. The van der Waals surface area contributed by atoms with Gasteiger partial charge in [-0.2, -0.15) is 0 Å². The molecule has 4 rings (SSSR count). The number of nitrogens with one attached hydrogen (secondary N) is 2. The first-order valence-electron chi connectivity index (χ1n) is 9.02. The Morgan fingerprint density at radius 2 is 1.80 bits per heavy atom. The lowest BCUT2D eigenvalue weighted by molar-refractivity contribution is 0.262. The van der Waals surface area contributed by atoms with Gasteiger partial charge in [-0.1, -0.05) is 6.07 Å². The van der Waals surface area contributed by atoms with Crippen molar-refractivity contribution in [1.29, 1.82) is 0 Å². The first kappa shape index (κ1) is 19.1. The molecule has 0 saturated carbocycles. The molecule has 9 heteroatoms. The second kappa shape index (κ2) is 8.39. The lowest BCUT2D eigenvalue weighted by Gasteiger charge is -2.09. The topological polar surface area (TPSA) is 94.0 Å². The van der Waals surface area contributed by atoms with Crippen LogP contribution >= 0.6 is 0 Å². The van der Waals surface area contributed by atoms with Crippen LogP contribution in [0.5, 0.6) is 11.6 Å². The predicted octanol–water partition coefficient (Wildman–Crippen LogP) is 4.55. The summed E-state index contributed by atoms with van der Waals surface area (Å²) in [4.78, 5) is 16.2. The first-order chi connectivity index (χ1) is 14.6. The Kier molecular flexibility index (Phi) is 5.33. The summed E-state index contributed by atoms with van der Waals surface area (Å²) in [5.74, 6) is 1.89. The number of imidazole rings is 1. The number of carbonyl (C=O) groups is 1. The van der Waals surface area contributed by atoms with Crippen molar-refractivity contribution in [2.45, 2.75) is 6.92 Å². The van der Waals surface area contributed by atoms with Crippen molar-refractivity contribution in [3.8, 4) is 17.4 Å². The van der Waals surface area contributed by atoms with E-state index in [4.69, 9.17) is 4.74 Å². The summed E-state index contributed by atoms with van der Waals surface area (Å²) in [6.07, 6.45) is 3.49. The molecule has 0 aliphatic carbocycles. The van der Waals surface area contributed by atoms with E-state index in [9.17, 15) is 9.18 Å². The molecule has 0 spiro atoms. The summed E-state index contributed by atoms with van der Waals surface area (Å²) < 4.78 is 20.7. The number of hydrogen-bond acceptors (Lipinski definition) is 5. The molecule has 0 atom stereocenters. The zero-order valence-electron chi connectivity index (χ0n) is 15.9. The van der Waals surface area contributed by atoms with Crippen LogP contribution in [0.2, 0.25) is 0 Å². The predicted molar refractivity (Wildman–Crippen MR) is 109 cm³/mol. The monoisotopic (exact) mass is 404 g/mol. The maximum Gasteiger partial charge on any atom is 0.323 e. The number of hydrogen-bond donors (Lipinski definition) is 2. The van der Waals surface area contributed by atoms with Gasteiger partial charge in [0.05, 0.1) is 0 Å². The van der Waals surface area contributed by atoms with Crippen LogP contribution in [0.1, 0.15) is 5.82 Å². The van der Waals surface area contributed by atoms with Crippen LogP contribution < -0.4 is 15.4 Å². The first-order valence-corrected chi connectivity index (χ1v) is 9.02. The lowest BCUT2D eigenvalue weighted by atomic mass is 10.3. The summed E-state index contributed by atoms with van der Waals surface area (Å²) in [7, 11) is 0. The van der Waals surface area contributed by atoms with E-state index in [2.05, 4.69) is 25.8 Å². The number of nitrogens with zero attached hydrogens (tertiary/aromatic N) is 4. The van der Waals surface area contributed by atoms with E-state index in [1.165, 1.54) is 18.2 Å². The molecule has 30 heavy (non-hydrogen) atoms. The van der Waals surface area contributed by atoms with Gasteiger partial charge in [0, 0.05) is 29.8 Å². The average molecular weight is 404 g/mol. The van der Waals surface area contributed by atoms with Gasteiger partial charge in [-0.05, 0) is 55.5 Å². The Hall–Kier alpha value is -4.27. The molecule has 0 bridgehead atoms. The Morgan fingerprint density at radius 3 is 2.47 bits per heavy atom. The Balaban J connectivity index is 1.35. The minimum Gasteiger partial charge on any atom is -0.438 e. The standard InChI is InChI=1S/C21H17FN6O2/c1-14-23-11-12-28(14)19-9-10-20(27-26-19)30-18-7-5-16(6-8-18)24-21(29)25-17-4-2-3-15(22)13-17/h2-13H,1H3,(H2,24,25,29). The van der Waals surface area contributed by atoms with Crippen LogP contribution in [0.3, 0.4) is 0 Å². The molecule has 8 nitrogen and oxygen atoms in total. The number of halogens is 1. The largest absolute Gasteiger partial charge is 0.438 e. The molecule has 0 radical (unpaired) electrons. The molecule has 4 aromatic rings. The highest BCUT2D eigenvalue weighted by Crippen LogP contribution is 2.22. The van der Waals surface area contributed by atoms with Crippen molar-refractivity contribution in [3.05, 3.63) is 84.7 Å². The molecule has 0 unspecified atom stereocenters. The van der Waals surface area contributed by atoms with Gasteiger partial charge in [0.1, 0.15) is 17.4 Å². The van der Waals surface area contributed by atoms with E-state index in [0.717, 1.165) is 5.82 Å². The van der Waals surface area contributed by atoms with Gasteiger partial charge in [-0.15, -0.1) is 10.2 Å². The molecule has 0 aliphatic rings. The number of carbonyl (C=O) groups excluding carboxylic acids is 1. The van der Waals surface area contributed by atoms with Crippen molar-refractivity contribution in [3.63, 3.8) is 0 Å². The van der Waals surface area contributed by atoms with Crippen molar-refractivity contribution in [1.82, 2.24) is 19.7 Å². The minimum absolute atomic E-state index is 0.334. The maximum absolute atomic E-state index is 13.2. The highest BCUT2D eigenvalue weighted by Gasteiger charge is 2.06. The van der Waals surface area contributed by atoms with Crippen LogP contribution in [-0.4, -0.2) is 25.8 Å². The number of benzene rings is 2. The molecule has 2 aromatic carbocycles. The SMILES string of the molecule is Cc1nccn1-c1ccc(Oc2ccc(NC(=O)Nc3cccc(F)c3)cc2)nn1. The number of urea groups is 1. The fourth-order valence-corrected chi connectivity index (χ4v) is 2.70. The summed E-state index contributed by atoms with van der Waals surface area (Å²) in [5, 5.41) is 13.4. The van der Waals surface area contributed by atoms with Gasteiger partial charge < -0.3 is 15.4 Å². The Bertz CT molecular complexity index is 1160. The number of amides is 2. The fraction of sp³-hybridized carbons (Fsp3) is 0.0476. The van der Waals surface area contributed by atoms with Gasteiger partial charge in [-0.3, -0.25) is 4.57 Å². The van der Waals surface area contributed by atoms with E-state index in [-0.39, 0.29) is 0 Å². The van der Waals surface area contributed by atoms with E-state index < -0.39 is 11.8 Å².